The molecule has 1 amide bonds. The number of hydrogen-bond donors (Lipinski definition) is 0. The van der Waals surface area contributed by atoms with Gasteiger partial charge >= 0.3 is 0 Å². The van der Waals surface area contributed by atoms with Crippen LogP contribution in [0.4, 0.5) is 0 Å². The van der Waals surface area contributed by atoms with E-state index in [0.717, 1.165) is 41.6 Å². The van der Waals surface area contributed by atoms with Crippen molar-refractivity contribution in [3.8, 4) is 0 Å². The fraction of sp³-hybridized carbons (Fsp3) is 0.550. The number of amides is 1. The Hall–Kier alpha value is -1.81. The maximum atomic E-state index is 12.4. The zero-order valence-electron chi connectivity index (χ0n) is 14.7. The molecule has 0 N–H and O–H groups in total. The molecule has 1 fully saturated rings. The predicted octanol–water partition coefficient (Wildman–Crippen LogP) is 4.30. The number of para-hydroxylation sites is 1. The van der Waals surface area contributed by atoms with E-state index in [9.17, 15) is 4.79 Å². The van der Waals surface area contributed by atoms with Gasteiger partial charge < -0.3 is 14.1 Å². The molecule has 0 bridgehead atoms. The Morgan fingerprint density at radius 1 is 1.25 bits per heavy atom. The Bertz CT molecular complexity index is 685. The van der Waals surface area contributed by atoms with Gasteiger partial charge in [0.15, 0.2) is 0 Å². The first-order valence-corrected chi connectivity index (χ1v) is 9.04. The van der Waals surface area contributed by atoms with Gasteiger partial charge in [-0.25, -0.2) is 0 Å². The van der Waals surface area contributed by atoms with E-state index in [1.807, 2.05) is 25.2 Å². The Labute approximate surface area is 143 Å². The number of nitrogens with zero attached hydrogens (tertiary/aromatic N) is 1. The number of furan rings is 1. The van der Waals surface area contributed by atoms with Crippen LogP contribution in [0.3, 0.4) is 0 Å². The molecule has 2 aromatic rings. The fourth-order valence-electron chi connectivity index (χ4n) is 3.46. The van der Waals surface area contributed by atoms with E-state index < -0.39 is 0 Å². The van der Waals surface area contributed by atoms with Gasteiger partial charge in [0.25, 0.3) is 0 Å². The topological polar surface area (TPSA) is 42.7 Å². The van der Waals surface area contributed by atoms with Crippen molar-refractivity contribution in [2.45, 2.75) is 58.1 Å². The first kappa shape index (κ1) is 17.0. The van der Waals surface area contributed by atoms with E-state index >= 15 is 0 Å². The highest BCUT2D eigenvalue weighted by Crippen LogP contribution is 2.27. The first-order valence-electron chi connectivity index (χ1n) is 9.04. The summed E-state index contributed by atoms with van der Waals surface area (Å²) in [6.45, 7) is 2.82. The van der Waals surface area contributed by atoms with Crippen LogP contribution in [-0.2, 0) is 22.5 Å². The van der Waals surface area contributed by atoms with E-state index in [1.165, 1.54) is 19.3 Å². The lowest BCUT2D eigenvalue weighted by Crippen LogP contribution is -2.32. The Balaban J connectivity index is 1.63. The van der Waals surface area contributed by atoms with Crippen LogP contribution >= 0.6 is 0 Å². The van der Waals surface area contributed by atoms with Crippen LogP contribution in [-0.4, -0.2) is 30.6 Å². The summed E-state index contributed by atoms with van der Waals surface area (Å²) in [6.07, 6.45) is 6.99. The van der Waals surface area contributed by atoms with Gasteiger partial charge in [0.1, 0.15) is 18.0 Å². The lowest BCUT2D eigenvalue weighted by atomic mass is 9.98. The molecule has 1 saturated carbocycles. The second-order valence-electron chi connectivity index (χ2n) is 6.67. The van der Waals surface area contributed by atoms with Gasteiger partial charge in [0.2, 0.25) is 5.91 Å². The molecule has 0 radical (unpaired) electrons. The van der Waals surface area contributed by atoms with Crippen LogP contribution in [0.1, 0.15) is 50.4 Å². The summed E-state index contributed by atoms with van der Waals surface area (Å²) in [7, 11) is 1.84. The van der Waals surface area contributed by atoms with Crippen LogP contribution in [0, 0.1) is 0 Å². The second-order valence-corrected chi connectivity index (χ2v) is 6.67. The molecule has 1 aromatic heterocycles. The maximum Gasteiger partial charge on any atom is 0.248 e. The molecule has 130 valence electrons. The standard InChI is InChI=1S/C20H27NO3/c1-3-18-17(16-11-7-8-12-19(16)24-18)13-21(2)20(22)14-23-15-9-5-4-6-10-15/h7-8,11-12,15H,3-6,9-10,13-14H2,1-2H3. The van der Waals surface area contributed by atoms with Crippen molar-refractivity contribution >= 4 is 16.9 Å². The van der Waals surface area contributed by atoms with Gasteiger partial charge in [-0.05, 0) is 18.9 Å². The summed E-state index contributed by atoms with van der Waals surface area (Å²) in [5.74, 6) is 0.997. The van der Waals surface area contributed by atoms with E-state index in [2.05, 4.69) is 13.0 Å². The normalized spacial score (nSPS) is 15.8. The SMILES string of the molecule is CCc1oc2ccccc2c1CN(C)C(=O)COC1CCCCC1. The van der Waals surface area contributed by atoms with E-state index in [4.69, 9.17) is 9.15 Å². The van der Waals surface area contributed by atoms with Gasteiger partial charge in [-0.15, -0.1) is 0 Å². The lowest BCUT2D eigenvalue weighted by Gasteiger charge is -2.23. The Morgan fingerprint density at radius 3 is 2.75 bits per heavy atom. The molecule has 4 heteroatoms. The van der Waals surface area contributed by atoms with Crippen molar-refractivity contribution in [2.75, 3.05) is 13.7 Å². The van der Waals surface area contributed by atoms with E-state index in [-0.39, 0.29) is 18.6 Å². The quantitative estimate of drug-likeness (QED) is 0.793. The highest BCUT2D eigenvalue weighted by atomic mass is 16.5. The van der Waals surface area contributed by atoms with Gasteiger partial charge in [-0.2, -0.15) is 0 Å². The van der Waals surface area contributed by atoms with Crippen molar-refractivity contribution < 1.29 is 13.9 Å². The third-order valence-corrected chi connectivity index (χ3v) is 4.92. The molecule has 24 heavy (non-hydrogen) atoms. The number of aryl methyl sites for hydroxylation is 1. The molecule has 1 heterocycles. The molecule has 0 saturated heterocycles. The number of rotatable bonds is 6. The number of benzene rings is 1. The number of likely N-dealkylation sites (N-methyl/N-ethyl adjacent to an activating group) is 1. The number of fused-ring (bicyclic) bond motifs is 1. The summed E-state index contributed by atoms with van der Waals surface area (Å²) in [6, 6.07) is 8.02. The zero-order chi connectivity index (χ0) is 16.9. The van der Waals surface area contributed by atoms with Gasteiger partial charge in [-0.3, -0.25) is 4.79 Å². The maximum absolute atomic E-state index is 12.4. The van der Waals surface area contributed by atoms with Crippen molar-refractivity contribution in [1.82, 2.24) is 4.90 Å². The molecule has 3 rings (SSSR count). The van der Waals surface area contributed by atoms with E-state index in [0.29, 0.717) is 6.54 Å². The van der Waals surface area contributed by atoms with Gasteiger partial charge in [0, 0.05) is 31.0 Å². The highest BCUT2D eigenvalue weighted by molar-refractivity contribution is 5.83. The molecule has 0 spiro atoms. The average Bonchev–Trinajstić information content (AvgIpc) is 2.98. The van der Waals surface area contributed by atoms with E-state index in [1.54, 1.807) is 4.90 Å². The van der Waals surface area contributed by atoms with Crippen molar-refractivity contribution in [3.63, 3.8) is 0 Å². The van der Waals surface area contributed by atoms with Crippen molar-refractivity contribution in [3.05, 3.63) is 35.6 Å². The molecule has 1 aliphatic carbocycles. The first-order chi connectivity index (χ1) is 11.7. The molecule has 4 nitrogen and oxygen atoms in total. The smallest absolute Gasteiger partial charge is 0.248 e. The molecule has 1 aromatic carbocycles. The second kappa shape index (κ2) is 7.84. The number of ether oxygens (including phenoxy) is 1. The lowest BCUT2D eigenvalue weighted by molar-refractivity contribution is -0.138. The Morgan fingerprint density at radius 2 is 2.00 bits per heavy atom. The highest BCUT2D eigenvalue weighted by Gasteiger charge is 2.19. The summed E-state index contributed by atoms with van der Waals surface area (Å²) in [5, 5.41) is 1.10. The Kier molecular flexibility index (Phi) is 5.56. The minimum absolute atomic E-state index is 0.0351. The molecular weight excluding hydrogens is 302 g/mol. The molecule has 0 unspecified atom stereocenters. The predicted molar refractivity (Wildman–Crippen MR) is 94.9 cm³/mol. The van der Waals surface area contributed by atoms with Gasteiger partial charge in [-0.1, -0.05) is 44.4 Å². The van der Waals surface area contributed by atoms with Crippen LogP contribution in [0.25, 0.3) is 11.0 Å². The minimum Gasteiger partial charge on any atom is -0.461 e. The number of carbonyl (C=O) groups is 1. The molecule has 1 aliphatic rings. The third-order valence-electron chi connectivity index (χ3n) is 4.92. The monoisotopic (exact) mass is 329 g/mol. The molecule has 0 aliphatic heterocycles. The number of hydrogen-bond acceptors (Lipinski definition) is 3. The third kappa shape index (κ3) is 3.81. The summed E-state index contributed by atoms with van der Waals surface area (Å²) < 4.78 is 11.7. The summed E-state index contributed by atoms with van der Waals surface area (Å²) in [4.78, 5) is 14.2. The summed E-state index contributed by atoms with van der Waals surface area (Å²) >= 11 is 0. The van der Waals surface area contributed by atoms with Crippen LogP contribution in [0.5, 0.6) is 0 Å². The van der Waals surface area contributed by atoms with Crippen molar-refractivity contribution in [1.29, 1.82) is 0 Å². The minimum atomic E-state index is 0.0351. The largest absolute Gasteiger partial charge is 0.461 e. The number of carbonyl (C=O) groups excluding carboxylic acids is 1. The van der Waals surface area contributed by atoms with Crippen LogP contribution < -0.4 is 0 Å². The molecular formula is C20H27NO3. The van der Waals surface area contributed by atoms with Gasteiger partial charge in [0.05, 0.1) is 6.10 Å². The van der Waals surface area contributed by atoms with Crippen LogP contribution in [0.15, 0.2) is 28.7 Å². The van der Waals surface area contributed by atoms with Crippen LogP contribution in [0.2, 0.25) is 0 Å². The summed E-state index contributed by atoms with van der Waals surface area (Å²) in [5.41, 5.74) is 2.00. The van der Waals surface area contributed by atoms with Crippen molar-refractivity contribution in [2.24, 2.45) is 0 Å². The average molecular weight is 329 g/mol. The zero-order valence-corrected chi connectivity index (χ0v) is 14.7. The molecule has 0 atom stereocenters. The fourth-order valence-corrected chi connectivity index (χ4v) is 3.46.